The van der Waals surface area contributed by atoms with Gasteiger partial charge < -0.3 is 5.11 Å². The first kappa shape index (κ1) is 14.6. The zero-order valence-corrected chi connectivity index (χ0v) is 12.3. The van der Waals surface area contributed by atoms with Crippen LogP contribution in [0.2, 0.25) is 0 Å². The number of hydrogen-bond donors (Lipinski definition) is 1. The first-order valence-electron chi connectivity index (χ1n) is 6.92. The van der Waals surface area contributed by atoms with Crippen molar-refractivity contribution in [2.45, 2.75) is 6.92 Å². The molecule has 0 aliphatic rings. The van der Waals surface area contributed by atoms with Gasteiger partial charge in [0, 0.05) is 5.56 Å². The molecule has 1 aromatic heterocycles. The van der Waals surface area contributed by atoms with E-state index >= 15 is 0 Å². The Morgan fingerprint density at radius 2 is 1.74 bits per heavy atom. The van der Waals surface area contributed by atoms with E-state index in [1.54, 1.807) is 12.1 Å². The summed E-state index contributed by atoms with van der Waals surface area (Å²) in [4.78, 5) is 22.2. The Hall–Kier alpha value is -3.28. The molecular weight excluding hydrogens is 294 g/mol. The number of benzene rings is 2. The maximum absolute atomic E-state index is 11.3. The largest absolute Gasteiger partial charge is 0.478 e. The predicted octanol–water partition coefficient (Wildman–Crippen LogP) is 2.75. The molecule has 0 aliphatic carbocycles. The number of carboxylic acid groups (broad SMARTS) is 1. The van der Waals surface area contributed by atoms with E-state index < -0.39 is 5.97 Å². The lowest BCUT2D eigenvalue weighted by Gasteiger charge is -2.08. The molecule has 6 nitrogen and oxygen atoms in total. The van der Waals surface area contributed by atoms with Crippen LogP contribution in [0.4, 0.5) is 0 Å². The smallest absolute Gasteiger partial charge is 0.335 e. The molecule has 0 fully saturated rings. The van der Waals surface area contributed by atoms with Crippen LogP contribution in [0.25, 0.3) is 16.9 Å². The Morgan fingerprint density at radius 1 is 1.09 bits per heavy atom. The van der Waals surface area contributed by atoms with Crippen molar-refractivity contribution in [3.05, 3.63) is 65.4 Å². The van der Waals surface area contributed by atoms with Crippen LogP contribution in [0, 0.1) is 6.92 Å². The molecule has 0 atom stereocenters. The summed E-state index contributed by atoms with van der Waals surface area (Å²) in [5.41, 5.74) is 3.53. The number of carboxylic acids is 1. The summed E-state index contributed by atoms with van der Waals surface area (Å²) in [6, 6.07) is 13.9. The number of aryl methyl sites for hydroxylation is 1. The van der Waals surface area contributed by atoms with E-state index in [-0.39, 0.29) is 11.3 Å². The molecule has 2 aromatic carbocycles. The lowest BCUT2D eigenvalue weighted by atomic mass is 10.1. The molecule has 1 heterocycles. The molecule has 0 saturated carbocycles. The van der Waals surface area contributed by atoms with E-state index in [9.17, 15) is 9.59 Å². The van der Waals surface area contributed by atoms with Crippen LogP contribution in [0.5, 0.6) is 0 Å². The first-order valence-corrected chi connectivity index (χ1v) is 6.92. The minimum absolute atomic E-state index is 0.182. The topological polar surface area (TPSA) is 85.1 Å². The molecule has 0 amide bonds. The van der Waals surface area contributed by atoms with Crippen molar-refractivity contribution in [1.82, 2.24) is 15.0 Å². The molecule has 3 rings (SSSR count). The second-order valence-corrected chi connectivity index (χ2v) is 5.07. The number of carbonyl (C=O) groups excluding carboxylic acids is 1. The molecule has 0 saturated heterocycles. The van der Waals surface area contributed by atoms with Gasteiger partial charge in [0.2, 0.25) is 0 Å². The number of rotatable bonds is 4. The quantitative estimate of drug-likeness (QED) is 0.749. The van der Waals surface area contributed by atoms with Crippen molar-refractivity contribution in [3.63, 3.8) is 0 Å². The molecular formula is C17H13N3O3. The molecule has 0 bridgehead atoms. The van der Waals surface area contributed by atoms with Crippen molar-refractivity contribution in [3.8, 4) is 16.9 Å². The van der Waals surface area contributed by atoms with Gasteiger partial charge in [-0.1, -0.05) is 35.0 Å². The minimum atomic E-state index is -0.998. The normalized spacial score (nSPS) is 10.5. The lowest BCUT2D eigenvalue weighted by Crippen LogP contribution is -2.02. The SMILES string of the molecule is Cc1ccc(-c2c(C=O)nnn2-c2ccc(C(=O)O)cc2)cc1. The fourth-order valence-corrected chi connectivity index (χ4v) is 2.28. The number of aromatic carboxylic acids is 1. The zero-order valence-electron chi connectivity index (χ0n) is 12.3. The van der Waals surface area contributed by atoms with E-state index in [1.807, 2.05) is 31.2 Å². The summed E-state index contributed by atoms with van der Waals surface area (Å²) in [6.45, 7) is 1.98. The average Bonchev–Trinajstić information content (AvgIpc) is 2.99. The highest BCUT2D eigenvalue weighted by molar-refractivity contribution is 5.88. The number of aromatic nitrogens is 3. The Kier molecular flexibility index (Phi) is 3.72. The molecule has 1 N–H and O–H groups in total. The molecule has 0 unspecified atom stereocenters. The van der Waals surface area contributed by atoms with Crippen LogP contribution in [0.3, 0.4) is 0 Å². The molecule has 0 spiro atoms. The van der Waals surface area contributed by atoms with Gasteiger partial charge in [-0.2, -0.15) is 0 Å². The number of carbonyl (C=O) groups is 2. The third kappa shape index (κ3) is 2.74. The molecule has 0 aliphatic heterocycles. The van der Waals surface area contributed by atoms with E-state index in [0.717, 1.165) is 11.1 Å². The highest BCUT2D eigenvalue weighted by atomic mass is 16.4. The standard InChI is InChI=1S/C17H13N3O3/c1-11-2-4-12(5-3-11)16-15(10-21)18-19-20(16)14-8-6-13(7-9-14)17(22)23/h2-10H,1H3,(H,22,23). The number of nitrogens with zero attached hydrogens (tertiary/aromatic N) is 3. The monoisotopic (exact) mass is 307 g/mol. The van der Waals surface area contributed by atoms with Gasteiger partial charge in [0.1, 0.15) is 5.69 Å². The molecule has 23 heavy (non-hydrogen) atoms. The van der Waals surface area contributed by atoms with Crippen LogP contribution < -0.4 is 0 Å². The van der Waals surface area contributed by atoms with Gasteiger partial charge in [-0.05, 0) is 31.2 Å². The maximum atomic E-state index is 11.3. The highest BCUT2D eigenvalue weighted by Gasteiger charge is 2.16. The van der Waals surface area contributed by atoms with Gasteiger partial charge in [0.25, 0.3) is 0 Å². The molecule has 0 radical (unpaired) electrons. The lowest BCUT2D eigenvalue weighted by molar-refractivity contribution is 0.0696. The molecule has 3 aromatic rings. The van der Waals surface area contributed by atoms with Crippen LogP contribution >= 0.6 is 0 Å². The van der Waals surface area contributed by atoms with Gasteiger partial charge in [0.05, 0.1) is 11.3 Å². The Labute approximate surface area is 132 Å². The average molecular weight is 307 g/mol. The van der Waals surface area contributed by atoms with Gasteiger partial charge in [-0.15, -0.1) is 5.10 Å². The van der Waals surface area contributed by atoms with Crippen molar-refractivity contribution in [1.29, 1.82) is 0 Å². The fraction of sp³-hybridized carbons (Fsp3) is 0.0588. The van der Waals surface area contributed by atoms with Crippen LogP contribution in [-0.2, 0) is 0 Å². The summed E-state index contributed by atoms with van der Waals surface area (Å²) in [5.74, 6) is -0.998. The third-order valence-electron chi connectivity index (χ3n) is 3.49. The summed E-state index contributed by atoms with van der Waals surface area (Å²) < 4.78 is 1.53. The van der Waals surface area contributed by atoms with E-state index in [1.165, 1.54) is 16.8 Å². The molecule has 114 valence electrons. The summed E-state index contributed by atoms with van der Waals surface area (Å²) >= 11 is 0. The fourth-order valence-electron chi connectivity index (χ4n) is 2.28. The van der Waals surface area contributed by atoms with Gasteiger partial charge in [0.15, 0.2) is 12.0 Å². The Balaban J connectivity index is 2.13. The number of aldehydes is 1. The second kappa shape index (κ2) is 5.84. The summed E-state index contributed by atoms with van der Waals surface area (Å²) in [5, 5.41) is 16.9. The third-order valence-corrected chi connectivity index (χ3v) is 3.49. The van der Waals surface area contributed by atoms with Crippen LogP contribution in [-0.4, -0.2) is 32.4 Å². The van der Waals surface area contributed by atoms with Crippen molar-refractivity contribution in [2.75, 3.05) is 0 Å². The Morgan fingerprint density at radius 3 is 2.30 bits per heavy atom. The minimum Gasteiger partial charge on any atom is -0.478 e. The van der Waals surface area contributed by atoms with E-state index in [4.69, 9.17) is 5.11 Å². The van der Waals surface area contributed by atoms with Crippen molar-refractivity contribution >= 4 is 12.3 Å². The Bertz CT molecular complexity index is 865. The summed E-state index contributed by atoms with van der Waals surface area (Å²) in [7, 11) is 0. The first-order chi connectivity index (χ1) is 11.1. The van der Waals surface area contributed by atoms with Gasteiger partial charge in [-0.25, -0.2) is 9.48 Å². The van der Waals surface area contributed by atoms with E-state index in [0.29, 0.717) is 17.7 Å². The summed E-state index contributed by atoms with van der Waals surface area (Å²) in [6.07, 6.45) is 0.657. The van der Waals surface area contributed by atoms with Gasteiger partial charge in [-0.3, -0.25) is 4.79 Å². The van der Waals surface area contributed by atoms with Gasteiger partial charge >= 0.3 is 5.97 Å². The molecule has 6 heteroatoms. The van der Waals surface area contributed by atoms with Crippen LogP contribution in [0.15, 0.2) is 48.5 Å². The number of hydrogen-bond acceptors (Lipinski definition) is 4. The van der Waals surface area contributed by atoms with E-state index in [2.05, 4.69) is 10.3 Å². The van der Waals surface area contributed by atoms with Crippen molar-refractivity contribution < 1.29 is 14.7 Å². The predicted molar refractivity (Wildman–Crippen MR) is 83.9 cm³/mol. The maximum Gasteiger partial charge on any atom is 0.335 e. The van der Waals surface area contributed by atoms with Crippen molar-refractivity contribution in [2.24, 2.45) is 0 Å². The second-order valence-electron chi connectivity index (χ2n) is 5.07. The highest BCUT2D eigenvalue weighted by Crippen LogP contribution is 2.25. The van der Waals surface area contributed by atoms with Crippen LogP contribution in [0.1, 0.15) is 26.4 Å². The zero-order chi connectivity index (χ0) is 16.4.